The first-order valence-corrected chi connectivity index (χ1v) is 21.0. The molecule has 1 aliphatic rings. The first-order chi connectivity index (χ1) is 28.4. The summed E-state index contributed by atoms with van der Waals surface area (Å²) in [6, 6.07) is 27.1. The van der Waals surface area contributed by atoms with E-state index >= 15 is 0 Å². The molecule has 14 heteroatoms. The number of fused-ring (bicyclic) bond motifs is 1. The van der Waals surface area contributed by atoms with Crippen LogP contribution in [0.4, 0.5) is 32.0 Å². The van der Waals surface area contributed by atoms with Crippen molar-refractivity contribution in [2.24, 2.45) is 0 Å². The molecule has 1 heterocycles. The van der Waals surface area contributed by atoms with Crippen molar-refractivity contribution < 1.29 is 45.0 Å². The van der Waals surface area contributed by atoms with Gasteiger partial charge < -0.3 is 23.5 Å². The molecule has 7 nitrogen and oxygen atoms in total. The Bertz CT molecular complexity index is 2240. The van der Waals surface area contributed by atoms with Gasteiger partial charge in [-0.3, -0.25) is 0 Å². The number of hydrogen-bond acceptors (Lipinski definition) is 7. The molecule has 0 aliphatic carbocycles. The number of anilines is 1. The summed E-state index contributed by atoms with van der Waals surface area (Å²) in [6.07, 6.45) is 3.70. The lowest BCUT2D eigenvalue weighted by molar-refractivity contribution is 0.241. The summed E-state index contributed by atoms with van der Waals surface area (Å²) >= 11 is 0. The smallest absolute Gasteiger partial charge is 0.344 e. The number of rotatable bonds is 18. The van der Waals surface area contributed by atoms with E-state index in [1.807, 2.05) is 55.1 Å². The van der Waals surface area contributed by atoms with Gasteiger partial charge in [-0.1, -0.05) is 73.5 Å². The van der Waals surface area contributed by atoms with Crippen molar-refractivity contribution >= 4 is 36.0 Å². The van der Waals surface area contributed by atoms with Crippen molar-refractivity contribution in [1.82, 2.24) is 0 Å². The van der Waals surface area contributed by atoms with Gasteiger partial charge >= 0.3 is 24.2 Å². The average molecular weight is 828 g/mol. The van der Waals surface area contributed by atoms with Crippen LogP contribution in [-0.4, -0.2) is 28.0 Å². The van der Waals surface area contributed by atoms with E-state index in [0.29, 0.717) is 39.6 Å². The van der Waals surface area contributed by atoms with E-state index in [9.17, 15) is 36.9 Å². The number of benzene rings is 4. The van der Waals surface area contributed by atoms with E-state index in [4.69, 9.17) is 9.16 Å². The summed E-state index contributed by atoms with van der Waals surface area (Å²) in [5.41, 5.74) is 3.23. The Morgan fingerprint density at radius 2 is 1.27 bits per heavy atom. The predicted octanol–water partition coefficient (Wildman–Crippen LogP) is 11.1. The fourth-order valence-electron chi connectivity index (χ4n) is 6.37. The molecule has 0 N–H and O–H groups in total. The topological polar surface area (TPSA) is 87.7 Å². The lowest BCUT2D eigenvalue weighted by atomic mass is 9.97. The van der Waals surface area contributed by atoms with E-state index in [1.165, 1.54) is 24.3 Å². The lowest BCUT2D eigenvalue weighted by Gasteiger charge is -2.29. The van der Waals surface area contributed by atoms with Crippen LogP contribution in [0.5, 0.6) is 17.2 Å². The van der Waals surface area contributed by atoms with Crippen LogP contribution in [0.3, 0.4) is 0 Å². The zero-order valence-corrected chi connectivity index (χ0v) is 33.2. The van der Waals surface area contributed by atoms with Crippen molar-refractivity contribution in [3.8, 4) is 29.4 Å². The largest absolute Gasteiger partial charge is 0.457 e. The quantitative estimate of drug-likeness (QED) is 0.0324. The first-order valence-electron chi connectivity index (χ1n) is 18.6. The second-order valence-corrected chi connectivity index (χ2v) is 16.8. The number of nitrogens with zero attached hydrogens (tertiary/aromatic N) is 3. The number of para-hydroxylation sites is 1. The summed E-state index contributed by atoms with van der Waals surface area (Å²) in [4.78, 5) is 2.29. The number of hydrogen-bond donors (Lipinski definition) is 0. The van der Waals surface area contributed by atoms with Gasteiger partial charge in [-0.2, -0.15) is 36.9 Å². The van der Waals surface area contributed by atoms with Crippen LogP contribution < -0.4 is 29.5 Å². The number of ether oxygens (including phenoxy) is 3. The molecule has 0 atom stereocenters. The lowest BCUT2D eigenvalue weighted by Crippen LogP contribution is -2.58. The van der Waals surface area contributed by atoms with Crippen LogP contribution in [0, 0.1) is 22.7 Å². The SMILES string of the molecule is CCN(CCCCCCO[Si](C)(c1ccc(OC(F)=C(F)F)cc1)c1ccc(OC(F)=C(F)F)cc1)c1ccc(/C=C/C2=CC(=C(C#N)C#N)c3ccccc3O2)cc1. The van der Waals surface area contributed by atoms with Crippen molar-refractivity contribution in [1.29, 1.82) is 10.5 Å². The normalized spacial score (nSPS) is 12.0. The van der Waals surface area contributed by atoms with Crippen LogP contribution in [0.15, 0.2) is 145 Å². The molecule has 59 heavy (non-hydrogen) atoms. The Labute approximate surface area is 339 Å². The third-order valence-corrected chi connectivity index (χ3v) is 13.2. The summed E-state index contributed by atoms with van der Waals surface area (Å²) in [5, 5.41) is 20.4. The zero-order chi connectivity index (χ0) is 42.4. The van der Waals surface area contributed by atoms with Gasteiger partial charge in [0.2, 0.25) is 0 Å². The molecule has 0 bridgehead atoms. The van der Waals surface area contributed by atoms with Gasteiger partial charge in [-0.15, -0.1) is 0 Å². The number of nitriles is 2. The van der Waals surface area contributed by atoms with Gasteiger partial charge in [0.15, 0.2) is 0 Å². The molecule has 0 saturated heterocycles. The van der Waals surface area contributed by atoms with Crippen LogP contribution in [0.2, 0.25) is 6.55 Å². The fourth-order valence-corrected chi connectivity index (χ4v) is 9.19. The molecule has 0 saturated carbocycles. The summed E-state index contributed by atoms with van der Waals surface area (Å²) in [7, 11) is -3.02. The minimum atomic E-state index is -3.02. The highest BCUT2D eigenvalue weighted by atomic mass is 28.4. The maximum atomic E-state index is 13.4. The molecule has 0 amide bonds. The van der Waals surface area contributed by atoms with Crippen LogP contribution in [0.25, 0.3) is 11.6 Å². The van der Waals surface area contributed by atoms with Gasteiger partial charge in [0.25, 0.3) is 8.32 Å². The Hall–Kier alpha value is -6.48. The minimum absolute atomic E-state index is 0.0106. The van der Waals surface area contributed by atoms with Crippen LogP contribution in [0.1, 0.15) is 43.7 Å². The Morgan fingerprint density at radius 1 is 0.712 bits per heavy atom. The second kappa shape index (κ2) is 20.8. The number of halogens is 6. The van der Waals surface area contributed by atoms with Gasteiger partial charge in [0.05, 0.1) is 0 Å². The summed E-state index contributed by atoms with van der Waals surface area (Å²) < 4.78 is 98.7. The van der Waals surface area contributed by atoms with E-state index in [0.717, 1.165) is 50.0 Å². The van der Waals surface area contributed by atoms with Gasteiger partial charge in [-0.25, -0.2) is 0 Å². The predicted molar refractivity (Wildman–Crippen MR) is 217 cm³/mol. The van der Waals surface area contributed by atoms with Crippen molar-refractivity contribution in [3.63, 3.8) is 0 Å². The highest BCUT2D eigenvalue weighted by Crippen LogP contribution is 2.36. The van der Waals surface area contributed by atoms with Gasteiger partial charge in [0, 0.05) is 36.5 Å². The molecule has 4 aromatic rings. The van der Waals surface area contributed by atoms with Crippen LogP contribution >= 0.6 is 0 Å². The molecule has 304 valence electrons. The van der Waals surface area contributed by atoms with Crippen molar-refractivity contribution in [3.05, 3.63) is 156 Å². The van der Waals surface area contributed by atoms with Crippen molar-refractivity contribution in [2.75, 3.05) is 24.6 Å². The Balaban J connectivity index is 1.15. The number of unbranched alkanes of at least 4 members (excludes halogenated alkanes) is 3. The van der Waals surface area contributed by atoms with E-state index in [1.54, 1.807) is 42.5 Å². The van der Waals surface area contributed by atoms with E-state index < -0.39 is 32.5 Å². The molecule has 1 aliphatic heterocycles. The highest BCUT2D eigenvalue weighted by Gasteiger charge is 2.34. The average Bonchev–Trinajstić information content (AvgIpc) is 3.25. The molecule has 0 spiro atoms. The van der Waals surface area contributed by atoms with E-state index in [-0.39, 0.29) is 17.1 Å². The molecule has 0 aromatic heterocycles. The monoisotopic (exact) mass is 827 g/mol. The molecule has 0 radical (unpaired) electrons. The molecule has 0 unspecified atom stereocenters. The third kappa shape index (κ3) is 11.6. The summed E-state index contributed by atoms with van der Waals surface area (Å²) in [6.45, 7) is 6.02. The highest BCUT2D eigenvalue weighted by molar-refractivity contribution is 6.96. The zero-order valence-electron chi connectivity index (χ0n) is 32.2. The molecule has 0 fully saturated rings. The number of allylic oxidation sites excluding steroid dienone is 4. The van der Waals surface area contributed by atoms with Gasteiger partial charge in [-0.05, 0) is 96.9 Å². The molecular formula is C45H39F6N3O4Si. The maximum absolute atomic E-state index is 13.4. The maximum Gasteiger partial charge on any atom is 0.344 e. The molecule has 5 rings (SSSR count). The van der Waals surface area contributed by atoms with Crippen molar-refractivity contribution in [2.45, 2.75) is 39.2 Å². The Kier molecular flexibility index (Phi) is 15.4. The second-order valence-electron chi connectivity index (χ2n) is 13.3. The fraction of sp³-hybridized carbons (Fsp3) is 0.200. The third-order valence-electron chi connectivity index (χ3n) is 9.50. The molecule has 4 aromatic carbocycles. The Morgan fingerprint density at radius 3 is 1.81 bits per heavy atom. The van der Waals surface area contributed by atoms with E-state index in [2.05, 4.69) is 33.4 Å². The van der Waals surface area contributed by atoms with Gasteiger partial charge in [0.1, 0.15) is 40.7 Å². The standard InChI is InChI=1S/C45H39F6N3O4Si/c1-3-54(33-15-12-31(13-16-33)14-17-36-28-40(32(29-52)30-53)39-10-6-7-11-41(39)56-36)26-8-4-5-9-27-55-59(2,37-22-18-34(19-23-37)57-44(50)42(46)47)38-24-20-35(21-25-38)58-45(51)43(48)49/h6-7,10-25,28H,3-5,8-9,26-27H2,1-2H3/b17-14+. The van der Waals surface area contributed by atoms with Crippen LogP contribution in [-0.2, 0) is 4.43 Å². The minimum Gasteiger partial charge on any atom is -0.457 e. The summed E-state index contributed by atoms with van der Waals surface area (Å²) in [5.74, 6) is 0.799. The molecular weight excluding hydrogens is 789 g/mol. The first kappa shape index (κ1) is 43.6.